The second kappa shape index (κ2) is 4.86. The van der Waals surface area contributed by atoms with Gasteiger partial charge in [-0.15, -0.1) is 0 Å². The van der Waals surface area contributed by atoms with Gasteiger partial charge < -0.3 is 9.64 Å². The first-order chi connectivity index (χ1) is 9.95. The van der Waals surface area contributed by atoms with Gasteiger partial charge in [0.15, 0.2) is 0 Å². The molecule has 1 amide bonds. The molecule has 0 bridgehead atoms. The SMILES string of the molecule is COC(=O)Cc1ccccc1C(=O)N1C[C@@H]2[C@H](C1)C2(C)C. The maximum absolute atomic E-state index is 12.7. The van der Waals surface area contributed by atoms with Crippen LogP contribution in [0.1, 0.15) is 29.8 Å². The van der Waals surface area contributed by atoms with Crippen molar-refractivity contribution in [1.82, 2.24) is 4.90 Å². The summed E-state index contributed by atoms with van der Waals surface area (Å²) in [6.45, 7) is 6.22. The van der Waals surface area contributed by atoms with E-state index in [9.17, 15) is 9.59 Å². The number of piperidine rings is 1. The number of methoxy groups -OCH3 is 1. The molecule has 1 saturated carbocycles. The van der Waals surface area contributed by atoms with E-state index < -0.39 is 0 Å². The number of carbonyl (C=O) groups is 2. The van der Waals surface area contributed by atoms with Crippen LogP contribution in [0.2, 0.25) is 0 Å². The summed E-state index contributed by atoms with van der Waals surface area (Å²) >= 11 is 0. The van der Waals surface area contributed by atoms with Crippen LogP contribution in [0.15, 0.2) is 24.3 Å². The second-order valence-electron chi connectivity index (χ2n) is 6.65. The summed E-state index contributed by atoms with van der Waals surface area (Å²) in [5, 5.41) is 0. The third kappa shape index (κ3) is 2.33. The molecular weight excluding hydrogens is 266 g/mol. The van der Waals surface area contributed by atoms with Crippen LogP contribution in [0, 0.1) is 17.3 Å². The highest BCUT2D eigenvalue weighted by Gasteiger charge is 2.62. The molecule has 1 aromatic rings. The van der Waals surface area contributed by atoms with Crippen molar-refractivity contribution >= 4 is 11.9 Å². The number of fused-ring (bicyclic) bond motifs is 1. The van der Waals surface area contributed by atoms with Gasteiger partial charge in [0.25, 0.3) is 5.91 Å². The summed E-state index contributed by atoms with van der Waals surface area (Å²) < 4.78 is 4.70. The second-order valence-corrected chi connectivity index (χ2v) is 6.65. The molecule has 3 rings (SSSR count). The van der Waals surface area contributed by atoms with E-state index in [-0.39, 0.29) is 18.3 Å². The van der Waals surface area contributed by atoms with Gasteiger partial charge in [0.1, 0.15) is 0 Å². The fourth-order valence-corrected chi connectivity index (χ4v) is 3.58. The zero-order chi connectivity index (χ0) is 15.2. The first-order valence-electron chi connectivity index (χ1n) is 7.39. The van der Waals surface area contributed by atoms with E-state index in [0.717, 1.165) is 18.7 Å². The number of hydrogen-bond acceptors (Lipinski definition) is 3. The lowest BCUT2D eigenvalue weighted by Gasteiger charge is -2.23. The smallest absolute Gasteiger partial charge is 0.310 e. The lowest BCUT2D eigenvalue weighted by Crippen LogP contribution is -2.33. The first-order valence-corrected chi connectivity index (χ1v) is 7.39. The molecule has 2 aliphatic rings. The van der Waals surface area contributed by atoms with Crippen molar-refractivity contribution < 1.29 is 14.3 Å². The molecule has 1 heterocycles. The van der Waals surface area contributed by atoms with E-state index in [1.807, 2.05) is 23.1 Å². The van der Waals surface area contributed by atoms with Crippen molar-refractivity contribution in [3.63, 3.8) is 0 Å². The summed E-state index contributed by atoms with van der Waals surface area (Å²) in [6.07, 6.45) is 0.143. The maximum Gasteiger partial charge on any atom is 0.310 e. The van der Waals surface area contributed by atoms with Gasteiger partial charge >= 0.3 is 5.97 Å². The Labute approximate surface area is 125 Å². The minimum absolute atomic E-state index is 0.0394. The number of rotatable bonds is 3. The molecule has 0 radical (unpaired) electrons. The van der Waals surface area contributed by atoms with Gasteiger partial charge in [-0.1, -0.05) is 32.0 Å². The Balaban J connectivity index is 1.75. The molecule has 1 aromatic carbocycles. The predicted molar refractivity (Wildman–Crippen MR) is 78.8 cm³/mol. The molecule has 2 atom stereocenters. The summed E-state index contributed by atoms with van der Waals surface area (Å²) in [5.41, 5.74) is 1.76. The number of nitrogens with zero attached hydrogens (tertiary/aromatic N) is 1. The third-order valence-electron chi connectivity index (χ3n) is 5.22. The molecule has 1 aliphatic heterocycles. The van der Waals surface area contributed by atoms with Gasteiger partial charge in [0, 0.05) is 18.7 Å². The van der Waals surface area contributed by atoms with Gasteiger partial charge in [0.2, 0.25) is 0 Å². The first kappa shape index (κ1) is 14.1. The van der Waals surface area contributed by atoms with Crippen molar-refractivity contribution in [1.29, 1.82) is 0 Å². The minimum Gasteiger partial charge on any atom is -0.469 e. The Kier molecular flexibility index (Phi) is 3.27. The van der Waals surface area contributed by atoms with Crippen LogP contribution in [0.5, 0.6) is 0 Å². The van der Waals surface area contributed by atoms with Crippen LogP contribution in [0.25, 0.3) is 0 Å². The fraction of sp³-hybridized carbons (Fsp3) is 0.529. The predicted octanol–water partition coefficient (Wildman–Crippen LogP) is 2.13. The summed E-state index contributed by atoms with van der Waals surface area (Å²) in [4.78, 5) is 26.1. The van der Waals surface area contributed by atoms with Crippen LogP contribution in [0.4, 0.5) is 0 Å². The van der Waals surface area contributed by atoms with Gasteiger partial charge in [-0.2, -0.15) is 0 Å². The Morgan fingerprint density at radius 2 is 1.86 bits per heavy atom. The molecule has 1 aliphatic carbocycles. The van der Waals surface area contributed by atoms with Gasteiger partial charge in [0.05, 0.1) is 13.5 Å². The fourth-order valence-electron chi connectivity index (χ4n) is 3.58. The number of benzene rings is 1. The van der Waals surface area contributed by atoms with Crippen molar-refractivity contribution in [3.8, 4) is 0 Å². The van der Waals surface area contributed by atoms with Crippen LogP contribution < -0.4 is 0 Å². The topological polar surface area (TPSA) is 46.6 Å². The van der Waals surface area contributed by atoms with E-state index >= 15 is 0 Å². The van der Waals surface area contributed by atoms with E-state index in [4.69, 9.17) is 4.74 Å². The standard InChI is InChI=1S/C17H21NO3/c1-17(2)13-9-18(10-14(13)17)16(20)12-7-5-4-6-11(12)8-15(19)21-3/h4-7,13-14H,8-10H2,1-3H3/t13-,14+. The summed E-state index contributed by atoms with van der Waals surface area (Å²) in [7, 11) is 1.36. The Morgan fingerprint density at radius 1 is 1.24 bits per heavy atom. The van der Waals surface area contributed by atoms with Crippen LogP contribution >= 0.6 is 0 Å². The largest absolute Gasteiger partial charge is 0.469 e. The molecule has 0 unspecified atom stereocenters. The number of hydrogen-bond donors (Lipinski definition) is 0. The van der Waals surface area contributed by atoms with Gasteiger partial charge in [-0.25, -0.2) is 0 Å². The molecule has 4 heteroatoms. The Hall–Kier alpha value is -1.84. The molecule has 112 valence electrons. The minimum atomic E-state index is -0.319. The summed E-state index contributed by atoms with van der Waals surface area (Å²) in [5.74, 6) is 0.988. The zero-order valence-corrected chi connectivity index (χ0v) is 12.8. The maximum atomic E-state index is 12.7. The van der Waals surface area contributed by atoms with Gasteiger partial charge in [-0.05, 0) is 28.9 Å². The molecule has 21 heavy (non-hydrogen) atoms. The number of esters is 1. The number of carbonyl (C=O) groups excluding carboxylic acids is 2. The molecule has 2 fully saturated rings. The van der Waals surface area contributed by atoms with Crippen molar-refractivity contribution in [2.75, 3.05) is 20.2 Å². The van der Waals surface area contributed by atoms with E-state index in [0.29, 0.717) is 22.8 Å². The number of likely N-dealkylation sites (tertiary alicyclic amines) is 1. The normalized spacial score (nSPS) is 25.4. The van der Waals surface area contributed by atoms with Gasteiger partial charge in [-0.3, -0.25) is 9.59 Å². The van der Waals surface area contributed by atoms with Crippen molar-refractivity contribution in [2.45, 2.75) is 20.3 Å². The summed E-state index contributed by atoms with van der Waals surface area (Å²) in [6, 6.07) is 7.31. The Bertz CT molecular complexity index is 579. The average Bonchev–Trinajstić information content (AvgIpc) is 2.84. The quantitative estimate of drug-likeness (QED) is 0.800. The van der Waals surface area contributed by atoms with E-state index in [1.54, 1.807) is 6.07 Å². The van der Waals surface area contributed by atoms with Crippen molar-refractivity contribution in [3.05, 3.63) is 35.4 Å². The van der Waals surface area contributed by atoms with Crippen LogP contribution in [0.3, 0.4) is 0 Å². The molecule has 0 N–H and O–H groups in total. The average molecular weight is 287 g/mol. The highest BCUT2D eigenvalue weighted by molar-refractivity contribution is 5.97. The van der Waals surface area contributed by atoms with E-state index in [1.165, 1.54) is 7.11 Å². The monoisotopic (exact) mass is 287 g/mol. The van der Waals surface area contributed by atoms with E-state index in [2.05, 4.69) is 13.8 Å². The molecular formula is C17H21NO3. The third-order valence-corrected chi connectivity index (χ3v) is 5.22. The Morgan fingerprint density at radius 3 is 2.48 bits per heavy atom. The number of ether oxygens (including phenoxy) is 1. The molecule has 0 aromatic heterocycles. The van der Waals surface area contributed by atoms with Crippen molar-refractivity contribution in [2.24, 2.45) is 17.3 Å². The molecule has 1 saturated heterocycles. The molecule has 0 spiro atoms. The van der Waals surface area contributed by atoms with Crippen LogP contribution in [-0.4, -0.2) is 37.0 Å². The lowest BCUT2D eigenvalue weighted by atomic mass is 10.0. The number of amides is 1. The lowest BCUT2D eigenvalue weighted by molar-refractivity contribution is -0.139. The zero-order valence-electron chi connectivity index (χ0n) is 12.8. The molecule has 4 nitrogen and oxygen atoms in total. The van der Waals surface area contributed by atoms with Crippen LogP contribution in [-0.2, 0) is 16.0 Å². The highest BCUT2D eigenvalue weighted by Crippen LogP contribution is 2.62. The highest BCUT2D eigenvalue weighted by atomic mass is 16.5.